The molecule has 132 valence electrons. The smallest absolute Gasteiger partial charge is 0.337 e. The first kappa shape index (κ1) is 18.5. The number of anilines is 1. The molecule has 0 bridgehead atoms. The Hall–Kier alpha value is -2.88. The van der Waals surface area contributed by atoms with Gasteiger partial charge in [-0.3, -0.25) is 24.1 Å². The minimum absolute atomic E-state index is 0.0114. The number of benzene rings is 1. The maximum Gasteiger partial charge on any atom is 0.337 e. The third-order valence-electron chi connectivity index (χ3n) is 3.23. The van der Waals surface area contributed by atoms with Gasteiger partial charge in [-0.1, -0.05) is 11.8 Å². The molecule has 2 rings (SSSR count). The Kier molecular flexibility index (Phi) is 6.12. The number of imide groups is 1. The van der Waals surface area contributed by atoms with Crippen molar-refractivity contribution in [2.24, 2.45) is 0 Å². The van der Waals surface area contributed by atoms with Crippen molar-refractivity contribution in [3.05, 3.63) is 29.8 Å². The lowest BCUT2D eigenvalue weighted by molar-refractivity contribution is -0.136. The number of esters is 1. The van der Waals surface area contributed by atoms with Crippen LogP contribution in [0.3, 0.4) is 0 Å². The van der Waals surface area contributed by atoms with Crippen LogP contribution in [0.4, 0.5) is 10.5 Å². The number of carbonyl (C=O) groups is 5. The number of nitrogens with one attached hydrogen (secondary N) is 2. The summed E-state index contributed by atoms with van der Waals surface area (Å²) in [5, 5.41) is 4.33. The molecule has 9 nitrogen and oxygen atoms in total. The highest BCUT2D eigenvalue weighted by molar-refractivity contribution is 8.14. The Labute approximate surface area is 147 Å². The molecule has 1 heterocycles. The summed E-state index contributed by atoms with van der Waals surface area (Å²) in [6.45, 7) is -0.0108. The fourth-order valence-corrected chi connectivity index (χ4v) is 2.71. The highest BCUT2D eigenvalue weighted by Gasteiger charge is 2.29. The van der Waals surface area contributed by atoms with Gasteiger partial charge in [0.1, 0.15) is 0 Å². The quantitative estimate of drug-likeness (QED) is 0.565. The van der Waals surface area contributed by atoms with E-state index >= 15 is 0 Å². The van der Waals surface area contributed by atoms with Gasteiger partial charge in [0.2, 0.25) is 5.91 Å². The summed E-state index contributed by atoms with van der Waals surface area (Å²) < 4.78 is 4.55. The molecule has 1 fully saturated rings. The van der Waals surface area contributed by atoms with Gasteiger partial charge in [-0.2, -0.15) is 0 Å². The molecule has 0 unspecified atom stereocenters. The maximum atomic E-state index is 11.8. The van der Waals surface area contributed by atoms with Crippen LogP contribution in [0.5, 0.6) is 0 Å². The van der Waals surface area contributed by atoms with Crippen molar-refractivity contribution >= 4 is 46.4 Å². The Morgan fingerprint density at radius 3 is 2.40 bits per heavy atom. The largest absolute Gasteiger partial charge is 0.465 e. The van der Waals surface area contributed by atoms with E-state index in [-0.39, 0.29) is 30.0 Å². The molecule has 0 aromatic heterocycles. The summed E-state index contributed by atoms with van der Waals surface area (Å²) in [5.41, 5.74) is 0.636. The fourth-order valence-electron chi connectivity index (χ4n) is 1.95. The number of nitrogens with zero attached hydrogens (tertiary/aromatic N) is 1. The number of carbonyl (C=O) groups excluding carboxylic acids is 5. The zero-order valence-electron chi connectivity index (χ0n) is 13.2. The van der Waals surface area contributed by atoms with Crippen LogP contribution in [-0.4, -0.2) is 59.8 Å². The van der Waals surface area contributed by atoms with Gasteiger partial charge in [0.25, 0.3) is 5.24 Å². The topological polar surface area (TPSA) is 122 Å². The summed E-state index contributed by atoms with van der Waals surface area (Å²) >= 11 is 0.898. The second kappa shape index (κ2) is 8.29. The molecular weight excluding hydrogens is 350 g/mol. The molecule has 4 amide bonds. The van der Waals surface area contributed by atoms with Gasteiger partial charge >= 0.3 is 17.8 Å². The maximum absolute atomic E-state index is 11.8. The molecule has 25 heavy (non-hydrogen) atoms. The van der Waals surface area contributed by atoms with Crippen molar-refractivity contribution < 1.29 is 28.7 Å². The van der Waals surface area contributed by atoms with Crippen molar-refractivity contribution in [2.75, 3.05) is 31.3 Å². The van der Waals surface area contributed by atoms with Crippen LogP contribution in [0, 0.1) is 0 Å². The summed E-state index contributed by atoms with van der Waals surface area (Å²) in [5.74, 6) is -2.54. The molecular formula is C15H15N3O6S. The molecule has 0 aliphatic carbocycles. The van der Waals surface area contributed by atoms with E-state index in [2.05, 4.69) is 15.4 Å². The predicted molar refractivity (Wildman–Crippen MR) is 89.0 cm³/mol. The number of amides is 4. The van der Waals surface area contributed by atoms with Crippen molar-refractivity contribution in [1.29, 1.82) is 0 Å². The normalized spacial score (nSPS) is 13.6. The first-order valence-electron chi connectivity index (χ1n) is 7.17. The van der Waals surface area contributed by atoms with Gasteiger partial charge in [0, 0.05) is 18.8 Å². The standard InChI is InChI=1S/C15H15N3O6S/c1-24-14(22)9-2-4-10(5-3-9)17-13(21)12(20)16-6-7-18-11(19)8-25-15(18)23/h2-5H,6-8H2,1H3,(H,16,20)(H,17,21). The van der Waals surface area contributed by atoms with Crippen LogP contribution in [0.15, 0.2) is 24.3 Å². The summed E-state index contributed by atoms with van der Waals surface area (Å²) in [6.07, 6.45) is 0. The Balaban J connectivity index is 1.80. The predicted octanol–water partition coefficient (Wildman–Crippen LogP) is 0.223. The number of methoxy groups -OCH3 is 1. The zero-order valence-corrected chi connectivity index (χ0v) is 14.1. The van der Waals surface area contributed by atoms with E-state index in [1.54, 1.807) is 0 Å². The molecule has 1 aliphatic rings. The molecule has 0 saturated carbocycles. The summed E-state index contributed by atoms with van der Waals surface area (Å²) in [6, 6.07) is 5.80. The van der Waals surface area contributed by atoms with Crippen LogP contribution in [0.2, 0.25) is 0 Å². The lowest BCUT2D eigenvalue weighted by Gasteiger charge is -2.13. The minimum Gasteiger partial charge on any atom is -0.465 e. The van der Waals surface area contributed by atoms with E-state index in [9.17, 15) is 24.0 Å². The van der Waals surface area contributed by atoms with Crippen LogP contribution in [-0.2, 0) is 19.1 Å². The summed E-state index contributed by atoms with van der Waals surface area (Å²) in [4.78, 5) is 58.6. The van der Waals surface area contributed by atoms with Gasteiger partial charge in [-0.05, 0) is 24.3 Å². The van der Waals surface area contributed by atoms with E-state index < -0.39 is 17.8 Å². The lowest BCUT2D eigenvalue weighted by atomic mass is 10.2. The lowest BCUT2D eigenvalue weighted by Crippen LogP contribution is -2.41. The average Bonchev–Trinajstić information content (AvgIpc) is 2.93. The van der Waals surface area contributed by atoms with Crippen LogP contribution < -0.4 is 10.6 Å². The van der Waals surface area contributed by atoms with E-state index in [0.717, 1.165) is 16.7 Å². The second-order valence-electron chi connectivity index (χ2n) is 4.88. The molecule has 1 aromatic rings. The van der Waals surface area contributed by atoms with Crippen molar-refractivity contribution in [2.45, 2.75) is 0 Å². The Morgan fingerprint density at radius 2 is 1.84 bits per heavy atom. The third-order valence-corrected chi connectivity index (χ3v) is 4.09. The highest BCUT2D eigenvalue weighted by atomic mass is 32.2. The number of rotatable bonds is 5. The van der Waals surface area contributed by atoms with Crippen LogP contribution in [0.1, 0.15) is 10.4 Å². The van der Waals surface area contributed by atoms with E-state index in [4.69, 9.17) is 0 Å². The molecule has 0 atom stereocenters. The Morgan fingerprint density at radius 1 is 1.16 bits per heavy atom. The van der Waals surface area contributed by atoms with Crippen LogP contribution in [0.25, 0.3) is 0 Å². The zero-order chi connectivity index (χ0) is 18.4. The van der Waals surface area contributed by atoms with E-state index in [0.29, 0.717) is 11.3 Å². The average molecular weight is 365 g/mol. The molecule has 2 N–H and O–H groups in total. The van der Waals surface area contributed by atoms with Crippen molar-refractivity contribution in [1.82, 2.24) is 10.2 Å². The third kappa shape index (κ3) is 4.80. The first-order valence-corrected chi connectivity index (χ1v) is 8.15. The number of hydrogen-bond donors (Lipinski definition) is 2. The first-order chi connectivity index (χ1) is 11.9. The molecule has 0 spiro atoms. The highest BCUT2D eigenvalue weighted by Crippen LogP contribution is 2.17. The SMILES string of the molecule is COC(=O)c1ccc(NC(=O)C(=O)NCCN2C(=O)CSC2=O)cc1. The van der Waals surface area contributed by atoms with Crippen molar-refractivity contribution in [3.8, 4) is 0 Å². The van der Waals surface area contributed by atoms with Crippen molar-refractivity contribution in [3.63, 3.8) is 0 Å². The monoisotopic (exact) mass is 365 g/mol. The molecule has 0 radical (unpaired) electrons. The molecule has 10 heteroatoms. The van der Waals surface area contributed by atoms with Crippen LogP contribution >= 0.6 is 11.8 Å². The number of thioether (sulfide) groups is 1. The van der Waals surface area contributed by atoms with Gasteiger partial charge in [0.15, 0.2) is 0 Å². The fraction of sp³-hybridized carbons (Fsp3) is 0.267. The molecule has 1 saturated heterocycles. The second-order valence-corrected chi connectivity index (χ2v) is 5.81. The number of ether oxygens (including phenoxy) is 1. The van der Waals surface area contributed by atoms with Gasteiger partial charge in [-0.25, -0.2) is 4.79 Å². The molecule has 1 aromatic carbocycles. The minimum atomic E-state index is -0.903. The van der Waals surface area contributed by atoms with Gasteiger partial charge in [0.05, 0.1) is 18.4 Å². The van der Waals surface area contributed by atoms with Gasteiger partial charge in [-0.15, -0.1) is 0 Å². The van der Waals surface area contributed by atoms with E-state index in [1.807, 2.05) is 0 Å². The van der Waals surface area contributed by atoms with Gasteiger partial charge < -0.3 is 15.4 Å². The molecule has 1 aliphatic heterocycles. The number of hydrogen-bond acceptors (Lipinski definition) is 7. The summed E-state index contributed by atoms with van der Waals surface area (Å²) in [7, 11) is 1.25. The Bertz CT molecular complexity index is 702. The van der Waals surface area contributed by atoms with E-state index in [1.165, 1.54) is 31.4 Å².